The van der Waals surface area contributed by atoms with E-state index >= 15 is 0 Å². The van der Waals surface area contributed by atoms with E-state index in [2.05, 4.69) is 248 Å². The fourth-order valence-corrected chi connectivity index (χ4v) is 6.62. The Morgan fingerprint density at radius 3 is 0.875 bits per heavy atom. The van der Waals surface area contributed by atoms with Gasteiger partial charge in [-0.25, -0.2) is 13.7 Å². The highest BCUT2D eigenvalue weighted by atomic mass is 15.1. The zero-order valence-electron chi connectivity index (χ0n) is 33.0. The Morgan fingerprint density at radius 1 is 0.357 bits per heavy atom. The average molecular weight is 732 g/mol. The maximum atomic E-state index is 2.35. The van der Waals surface area contributed by atoms with Crippen LogP contribution in [0.15, 0.2) is 165 Å². The van der Waals surface area contributed by atoms with E-state index in [9.17, 15) is 0 Å². The molecule has 0 bridgehead atoms. The molecule has 0 fully saturated rings. The van der Waals surface area contributed by atoms with Crippen LogP contribution in [0.1, 0.15) is 61.2 Å². The molecule has 0 spiro atoms. The molecule has 56 heavy (non-hydrogen) atoms. The van der Waals surface area contributed by atoms with E-state index in [1.165, 1.54) is 66.9 Å². The zero-order chi connectivity index (χ0) is 38.7. The standard InChI is InChI=1S/C52H51N4/c1-41-5-9-43(10-6-41)13-16-46-23-29-54(30-24-46)38-49-35-50(39-55-31-25-47(26-32-55)17-14-44-11-7-42(2)8-12-44)37-51(36-49)40-56-33-27-48(28-34-56)18-15-45-19-21-52(22-20-45)53(3)4/h5-37H,38-40H2,1-4H3/q+3/b16-13+,17-14+. The predicted molar refractivity (Wildman–Crippen MR) is 234 cm³/mol. The molecule has 3 aromatic heterocycles. The minimum absolute atomic E-state index is 0.789. The number of aromatic nitrogens is 3. The van der Waals surface area contributed by atoms with Crippen LogP contribution in [0.25, 0.3) is 36.5 Å². The Bertz CT molecular complexity index is 2300. The second-order valence-electron chi connectivity index (χ2n) is 14.9. The predicted octanol–water partition coefficient (Wildman–Crippen LogP) is 9.89. The number of anilines is 1. The molecular weight excluding hydrogens is 681 g/mol. The first-order valence-electron chi connectivity index (χ1n) is 19.3. The highest BCUT2D eigenvalue weighted by Crippen LogP contribution is 2.16. The summed E-state index contributed by atoms with van der Waals surface area (Å²) < 4.78 is 6.78. The van der Waals surface area contributed by atoms with Gasteiger partial charge in [0, 0.05) is 72.9 Å². The molecule has 0 saturated heterocycles. The van der Waals surface area contributed by atoms with Crippen molar-refractivity contribution in [3.8, 4) is 0 Å². The van der Waals surface area contributed by atoms with Gasteiger partial charge in [-0.2, -0.15) is 0 Å². The molecule has 0 radical (unpaired) electrons. The number of benzene rings is 4. The largest absolute Gasteiger partial charge is 0.378 e. The number of pyridine rings is 3. The summed E-state index contributed by atoms with van der Waals surface area (Å²) >= 11 is 0. The minimum Gasteiger partial charge on any atom is -0.378 e. The summed E-state index contributed by atoms with van der Waals surface area (Å²) in [5.41, 5.74) is 14.7. The Kier molecular flexibility index (Phi) is 12.2. The Labute approximate surface area is 332 Å². The third-order valence-electron chi connectivity index (χ3n) is 9.93. The van der Waals surface area contributed by atoms with Gasteiger partial charge >= 0.3 is 0 Å². The van der Waals surface area contributed by atoms with Gasteiger partial charge in [0.1, 0.15) is 0 Å². The van der Waals surface area contributed by atoms with Crippen LogP contribution in [0.4, 0.5) is 5.69 Å². The lowest BCUT2D eigenvalue weighted by atomic mass is 10.0. The molecular formula is C52H51N4+3. The van der Waals surface area contributed by atoms with E-state index < -0.39 is 0 Å². The van der Waals surface area contributed by atoms with Gasteiger partial charge in [0.05, 0.1) is 0 Å². The van der Waals surface area contributed by atoms with Gasteiger partial charge in [0.25, 0.3) is 0 Å². The summed E-state index contributed by atoms with van der Waals surface area (Å²) in [7, 11) is 4.13. The number of aryl methyl sites for hydroxylation is 2. The van der Waals surface area contributed by atoms with Crippen molar-refractivity contribution in [2.75, 3.05) is 19.0 Å². The highest BCUT2D eigenvalue weighted by Gasteiger charge is 2.13. The van der Waals surface area contributed by atoms with Crippen LogP contribution >= 0.6 is 0 Å². The summed E-state index contributed by atoms with van der Waals surface area (Å²) in [6.07, 6.45) is 26.1. The van der Waals surface area contributed by atoms with Crippen molar-refractivity contribution in [1.82, 2.24) is 0 Å². The molecule has 0 aliphatic heterocycles. The quantitative estimate of drug-likeness (QED) is 0.108. The van der Waals surface area contributed by atoms with E-state index in [-0.39, 0.29) is 0 Å². The second kappa shape index (κ2) is 18.1. The molecule has 0 aliphatic carbocycles. The van der Waals surface area contributed by atoms with Crippen molar-refractivity contribution in [3.63, 3.8) is 0 Å². The molecule has 0 atom stereocenters. The summed E-state index contributed by atoms with van der Waals surface area (Å²) in [4.78, 5) is 2.12. The lowest BCUT2D eigenvalue weighted by Gasteiger charge is -2.11. The first-order chi connectivity index (χ1) is 27.3. The Hall–Kier alpha value is -6.65. The molecule has 0 saturated carbocycles. The van der Waals surface area contributed by atoms with Crippen molar-refractivity contribution in [3.05, 3.63) is 226 Å². The molecule has 4 heteroatoms. The molecule has 0 aliphatic rings. The van der Waals surface area contributed by atoms with Crippen LogP contribution in [-0.4, -0.2) is 14.1 Å². The van der Waals surface area contributed by atoms with E-state index in [4.69, 9.17) is 0 Å². The lowest BCUT2D eigenvalue weighted by Crippen LogP contribution is -2.36. The molecule has 4 nitrogen and oxygen atoms in total. The van der Waals surface area contributed by atoms with Crippen molar-refractivity contribution in [2.45, 2.75) is 33.5 Å². The topological polar surface area (TPSA) is 14.9 Å². The number of rotatable bonds is 13. The maximum absolute atomic E-state index is 2.35. The van der Waals surface area contributed by atoms with Gasteiger partial charge in [-0.05, 0) is 77.6 Å². The first-order valence-corrected chi connectivity index (χ1v) is 19.3. The third kappa shape index (κ3) is 11.0. The van der Waals surface area contributed by atoms with Crippen LogP contribution < -0.4 is 18.6 Å². The monoisotopic (exact) mass is 731 g/mol. The second-order valence-corrected chi connectivity index (χ2v) is 14.9. The third-order valence-corrected chi connectivity index (χ3v) is 9.93. The fraction of sp³-hybridized carbons (Fsp3) is 0.135. The van der Waals surface area contributed by atoms with Crippen LogP contribution in [0.2, 0.25) is 0 Å². The Balaban J connectivity index is 1.07. The van der Waals surface area contributed by atoms with Crippen molar-refractivity contribution >= 4 is 42.1 Å². The van der Waals surface area contributed by atoms with Crippen molar-refractivity contribution in [2.24, 2.45) is 0 Å². The maximum Gasteiger partial charge on any atom is 0.173 e. The molecule has 0 unspecified atom stereocenters. The van der Waals surface area contributed by atoms with Gasteiger partial charge in [-0.1, -0.05) is 108 Å². The molecule has 3 heterocycles. The summed E-state index contributed by atoms with van der Waals surface area (Å²) in [5.74, 6) is 0. The smallest absolute Gasteiger partial charge is 0.173 e. The average Bonchev–Trinajstić information content (AvgIpc) is 3.21. The fourth-order valence-electron chi connectivity index (χ4n) is 6.62. The lowest BCUT2D eigenvalue weighted by molar-refractivity contribution is -0.690. The van der Waals surface area contributed by atoms with Gasteiger partial charge in [-0.15, -0.1) is 0 Å². The normalized spacial score (nSPS) is 11.6. The van der Waals surface area contributed by atoms with E-state index in [0.29, 0.717) is 0 Å². The molecule has 4 aromatic carbocycles. The van der Waals surface area contributed by atoms with Crippen LogP contribution in [-0.2, 0) is 19.6 Å². The molecule has 276 valence electrons. The van der Waals surface area contributed by atoms with E-state index in [0.717, 1.165) is 19.6 Å². The molecule has 0 amide bonds. The van der Waals surface area contributed by atoms with Crippen LogP contribution in [0, 0.1) is 13.8 Å². The van der Waals surface area contributed by atoms with Gasteiger partial charge in [0.2, 0.25) is 0 Å². The minimum atomic E-state index is 0.789. The Morgan fingerprint density at radius 2 is 0.607 bits per heavy atom. The van der Waals surface area contributed by atoms with Crippen molar-refractivity contribution in [1.29, 1.82) is 0 Å². The zero-order valence-corrected chi connectivity index (χ0v) is 33.0. The first kappa shape index (κ1) is 37.7. The van der Waals surface area contributed by atoms with Crippen LogP contribution in [0.5, 0.6) is 0 Å². The summed E-state index contributed by atoms with van der Waals surface area (Å²) in [6, 6.07) is 46.0. The number of nitrogens with zero attached hydrogens (tertiary/aromatic N) is 4. The van der Waals surface area contributed by atoms with Crippen molar-refractivity contribution < 1.29 is 13.7 Å². The molecule has 7 aromatic rings. The number of hydrogen-bond acceptors (Lipinski definition) is 1. The molecule has 7 rings (SSSR count). The number of hydrogen-bond donors (Lipinski definition) is 0. The SMILES string of the molecule is Cc1ccc(/C=C/c2cc[n+](Cc3cc(C[n+]4ccc(/C=C/c5ccc(C)cc5)cc4)cc(C[n+]4ccc(/C=C/c5ccc(N(C)C)cc5)cc4)c3)cc2)cc1. The summed E-state index contributed by atoms with van der Waals surface area (Å²) in [5, 5.41) is 0. The van der Waals surface area contributed by atoms with E-state index in [1.54, 1.807) is 0 Å². The van der Waals surface area contributed by atoms with E-state index in [1.807, 2.05) is 0 Å². The summed E-state index contributed by atoms with van der Waals surface area (Å²) in [6.45, 7) is 6.61. The van der Waals surface area contributed by atoms with Crippen LogP contribution in [0.3, 0.4) is 0 Å². The van der Waals surface area contributed by atoms with Gasteiger partial charge in [0.15, 0.2) is 56.8 Å². The van der Waals surface area contributed by atoms with Gasteiger partial charge < -0.3 is 4.90 Å². The van der Waals surface area contributed by atoms with Gasteiger partial charge in [-0.3, -0.25) is 0 Å². The highest BCUT2D eigenvalue weighted by molar-refractivity contribution is 5.71. The molecule has 0 N–H and O–H groups in total.